The van der Waals surface area contributed by atoms with Gasteiger partial charge < -0.3 is 10.2 Å². The number of nitrogens with zero attached hydrogens (tertiary/aromatic N) is 1. The van der Waals surface area contributed by atoms with Gasteiger partial charge in [-0.15, -0.1) is 11.3 Å². The van der Waals surface area contributed by atoms with Crippen LogP contribution in [0.1, 0.15) is 41.7 Å². The molecule has 0 saturated carbocycles. The average molecular weight is 290 g/mol. The smallest absolute Gasteiger partial charge is 0.280 e. The molecule has 0 atom stereocenters. The third-order valence-corrected chi connectivity index (χ3v) is 5.46. The van der Waals surface area contributed by atoms with Crippen molar-refractivity contribution in [2.75, 3.05) is 25.0 Å². The molecule has 1 aliphatic heterocycles. The van der Waals surface area contributed by atoms with Crippen LogP contribution in [0.5, 0.6) is 0 Å². The third kappa shape index (κ3) is 2.72. The number of rotatable bonds is 3. The fourth-order valence-corrected chi connectivity index (χ4v) is 4.48. The predicted octanol–water partition coefficient (Wildman–Crippen LogP) is 1.12. The van der Waals surface area contributed by atoms with Crippen molar-refractivity contribution in [1.82, 2.24) is 0 Å². The molecule has 0 unspecified atom stereocenters. The lowest BCUT2D eigenvalue weighted by molar-refractivity contribution is -0.878. The first-order valence-electron chi connectivity index (χ1n) is 7.46. The van der Waals surface area contributed by atoms with Crippen LogP contribution in [0.4, 0.5) is 5.00 Å². The summed E-state index contributed by atoms with van der Waals surface area (Å²) in [5.74, 6) is 0.0528. The van der Waals surface area contributed by atoms with Crippen molar-refractivity contribution in [3.05, 3.63) is 16.0 Å². The predicted molar refractivity (Wildman–Crippen MR) is 79.1 cm³/mol. The molecule has 106 valence electrons. The van der Waals surface area contributed by atoms with E-state index in [0.29, 0.717) is 6.54 Å². The van der Waals surface area contributed by atoms with Crippen molar-refractivity contribution in [3.8, 4) is 6.07 Å². The summed E-state index contributed by atoms with van der Waals surface area (Å²) in [6, 6.07) is 2.29. The Morgan fingerprint density at radius 3 is 2.75 bits per heavy atom. The van der Waals surface area contributed by atoms with Gasteiger partial charge in [-0.2, -0.15) is 5.26 Å². The maximum Gasteiger partial charge on any atom is 0.280 e. The van der Waals surface area contributed by atoms with Crippen LogP contribution >= 0.6 is 11.3 Å². The van der Waals surface area contributed by atoms with Gasteiger partial charge in [-0.1, -0.05) is 0 Å². The van der Waals surface area contributed by atoms with Gasteiger partial charge in [-0.05, 0) is 31.2 Å². The van der Waals surface area contributed by atoms with Crippen LogP contribution in [0.25, 0.3) is 0 Å². The molecule has 0 bridgehead atoms. The minimum Gasteiger partial charge on any atom is -0.327 e. The Labute approximate surface area is 123 Å². The maximum atomic E-state index is 12.1. The number of nitrogens with one attached hydrogen (secondary N) is 2. The van der Waals surface area contributed by atoms with Gasteiger partial charge in [0, 0.05) is 17.7 Å². The Balaban J connectivity index is 1.72. The van der Waals surface area contributed by atoms with Gasteiger partial charge in [0.05, 0.1) is 18.7 Å². The highest BCUT2D eigenvalue weighted by Crippen LogP contribution is 2.37. The fraction of sp³-hybridized carbons (Fsp3) is 0.600. The monoisotopic (exact) mass is 290 g/mol. The molecule has 1 aromatic heterocycles. The zero-order chi connectivity index (χ0) is 13.9. The van der Waals surface area contributed by atoms with Gasteiger partial charge in [0.1, 0.15) is 11.1 Å². The van der Waals surface area contributed by atoms with Gasteiger partial charge in [0.2, 0.25) is 0 Å². The van der Waals surface area contributed by atoms with E-state index in [-0.39, 0.29) is 5.91 Å². The van der Waals surface area contributed by atoms with E-state index in [9.17, 15) is 10.1 Å². The lowest BCUT2D eigenvalue weighted by Crippen LogP contribution is -3.11. The van der Waals surface area contributed by atoms with Crippen molar-refractivity contribution in [2.24, 2.45) is 0 Å². The van der Waals surface area contributed by atoms with Gasteiger partial charge in [-0.25, -0.2) is 0 Å². The fourth-order valence-electron chi connectivity index (χ4n) is 3.22. The van der Waals surface area contributed by atoms with E-state index in [0.717, 1.165) is 42.9 Å². The molecular formula is C15H20N3OS+. The number of nitriles is 1. The molecule has 4 nitrogen and oxygen atoms in total. The van der Waals surface area contributed by atoms with Crippen LogP contribution in [0.15, 0.2) is 0 Å². The Morgan fingerprint density at radius 1 is 1.25 bits per heavy atom. The van der Waals surface area contributed by atoms with Crippen molar-refractivity contribution in [2.45, 2.75) is 38.5 Å². The number of fused-ring (bicyclic) bond motifs is 1. The van der Waals surface area contributed by atoms with E-state index >= 15 is 0 Å². The molecule has 2 N–H and O–H groups in total. The summed E-state index contributed by atoms with van der Waals surface area (Å²) in [6.07, 6.45) is 6.84. The second kappa shape index (κ2) is 5.94. The number of likely N-dealkylation sites (tertiary alicyclic amines) is 1. The van der Waals surface area contributed by atoms with Crippen LogP contribution < -0.4 is 10.2 Å². The number of anilines is 1. The van der Waals surface area contributed by atoms with E-state index < -0.39 is 0 Å². The second-order valence-corrected chi connectivity index (χ2v) is 6.81. The highest BCUT2D eigenvalue weighted by atomic mass is 32.1. The van der Waals surface area contributed by atoms with Gasteiger partial charge in [0.25, 0.3) is 5.91 Å². The molecule has 2 heterocycles. The Morgan fingerprint density at radius 2 is 2.00 bits per heavy atom. The molecule has 1 fully saturated rings. The molecule has 0 aromatic carbocycles. The Kier molecular flexibility index (Phi) is 4.04. The molecule has 1 amide bonds. The molecule has 1 saturated heterocycles. The number of carbonyl (C=O) groups is 1. The molecule has 20 heavy (non-hydrogen) atoms. The number of carbonyl (C=O) groups excluding carboxylic acids is 1. The molecule has 1 aromatic rings. The van der Waals surface area contributed by atoms with Crippen molar-refractivity contribution in [1.29, 1.82) is 5.26 Å². The topological polar surface area (TPSA) is 57.3 Å². The zero-order valence-electron chi connectivity index (χ0n) is 11.6. The molecule has 1 aliphatic carbocycles. The van der Waals surface area contributed by atoms with Crippen LogP contribution in [-0.2, 0) is 17.6 Å². The summed E-state index contributed by atoms with van der Waals surface area (Å²) in [6.45, 7) is 2.73. The lowest BCUT2D eigenvalue weighted by Gasteiger charge is -2.11. The highest BCUT2D eigenvalue weighted by molar-refractivity contribution is 7.16. The SMILES string of the molecule is N#Cc1c(NC(=O)C[NH+]2CCCC2)sc2c1CCCC2. The molecule has 5 heteroatoms. The number of quaternary nitrogens is 1. The second-order valence-electron chi connectivity index (χ2n) is 5.71. The normalized spacial score (nSPS) is 18.6. The summed E-state index contributed by atoms with van der Waals surface area (Å²) < 4.78 is 0. The number of thiophene rings is 1. The van der Waals surface area contributed by atoms with E-state index in [1.807, 2.05) is 0 Å². The largest absolute Gasteiger partial charge is 0.327 e. The minimum absolute atomic E-state index is 0.0528. The first-order valence-corrected chi connectivity index (χ1v) is 8.27. The number of hydrogen-bond donors (Lipinski definition) is 2. The Hall–Kier alpha value is -1.38. The van der Waals surface area contributed by atoms with Crippen LogP contribution in [0, 0.1) is 11.3 Å². The molecule has 0 radical (unpaired) electrons. The van der Waals surface area contributed by atoms with E-state index in [1.165, 1.54) is 34.6 Å². The van der Waals surface area contributed by atoms with Gasteiger partial charge in [-0.3, -0.25) is 4.79 Å². The third-order valence-electron chi connectivity index (χ3n) is 4.26. The highest BCUT2D eigenvalue weighted by Gasteiger charge is 2.24. The maximum absolute atomic E-state index is 12.1. The quantitative estimate of drug-likeness (QED) is 0.876. The molecule has 0 spiro atoms. The Bertz CT molecular complexity index is 552. The van der Waals surface area contributed by atoms with Gasteiger partial charge in [0.15, 0.2) is 6.54 Å². The van der Waals surface area contributed by atoms with Crippen molar-refractivity contribution in [3.63, 3.8) is 0 Å². The van der Waals surface area contributed by atoms with Crippen LogP contribution in [0.3, 0.4) is 0 Å². The summed E-state index contributed by atoms with van der Waals surface area (Å²) in [4.78, 5) is 14.8. The van der Waals surface area contributed by atoms with Gasteiger partial charge >= 0.3 is 0 Å². The molecular weight excluding hydrogens is 270 g/mol. The zero-order valence-corrected chi connectivity index (χ0v) is 12.4. The van der Waals surface area contributed by atoms with E-state index in [2.05, 4.69) is 11.4 Å². The summed E-state index contributed by atoms with van der Waals surface area (Å²) in [7, 11) is 0. The standard InChI is InChI=1S/C15H19N3OS/c16-9-12-11-5-1-2-6-13(11)20-15(12)17-14(19)10-18-7-3-4-8-18/h1-8,10H2,(H,17,19)/p+1. The van der Waals surface area contributed by atoms with E-state index in [4.69, 9.17) is 0 Å². The number of hydrogen-bond acceptors (Lipinski definition) is 3. The van der Waals surface area contributed by atoms with Crippen molar-refractivity contribution < 1.29 is 9.69 Å². The molecule has 3 rings (SSSR count). The van der Waals surface area contributed by atoms with E-state index in [1.54, 1.807) is 11.3 Å². The lowest BCUT2D eigenvalue weighted by atomic mass is 9.96. The van der Waals surface area contributed by atoms with Crippen LogP contribution in [-0.4, -0.2) is 25.5 Å². The first kappa shape index (κ1) is 13.6. The van der Waals surface area contributed by atoms with Crippen LogP contribution in [0.2, 0.25) is 0 Å². The molecule has 2 aliphatic rings. The summed E-state index contributed by atoms with van der Waals surface area (Å²) >= 11 is 1.61. The number of amides is 1. The first-order chi connectivity index (χ1) is 9.78. The average Bonchev–Trinajstić information content (AvgIpc) is 3.05. The van der Waals surface area contributed by atoms with Crippen molar-refractivity contribution >= 4 is 22.2 Å². The number of aryl methyl sites for hydroxylation is 1. The summed E-state index contributed by atoms with van der Waals surface area (Å²) in [5, 5.41) is 13.1. The minimum atomic E-state index is 0.0528. The summed E-state index contributed by atoms with van der Waals surface area (Å²) in [5.41, 5.74) is 1.90.